The SMILES string of the molecule is COC(=O)c1cc(N)ccc1OCc1cn(C)nn1. The van der Waals surface area contributed by atoms with Gasteiger partial charge in [0.25, 0.3) is 0 Å². The van der Waals surface area contributed by atoms with Gasteiger partial charge in [-0.2, -0.15) is 0 Å². The monoisotopic (exact) mass is 262 g/mol. The molecule has 0 unspecified atom stereocenters. The molecule has 0 aliphatic carbocycles. The summed E-state index contributed by atoms with van der Waals surface area (Å²) in [6.45, 7) is 0.210. The minimum atomic E-state index is -0.499. The normalized spacial score (nSPS) is 10.2. The van der Waals surface area contributed by atoms with Gasteiger partial charge in [-0.05, 0) is 18.2 Å². The summed E-state index contributed by atoms with van der Waals surface area (Å²) in [6.07, 6.45) is 1.73. The van der Waals surface area contributed by atoms with Crippen LogP contribution in [0.15, 0.2) is 24.4 Å². The smallest absolute Gasteiger partial charge is 0.341 e. The van der Waals surface area contributed by atoms with E-state index < -0.39 is 5.97 Å². The highest BCUT2D eigenvalue weighted by Gasteiger charge is 2.14. The van der Waals surface area contributed by atoms with Crippen LogP contribution in [-0.2, 0) is 18.4 Å². The van der Waals surface area contributed by atoms with Gasteiger partial charge in [-0.15, -0.1) is 5.10 Å². The maximum absolute atomic E-state index is 11.6. The lowest BCUT2D eigenvalue weighted by Crippen LogP contribution is -2.07. The predicted octanol–water partition coefficient (Wildman–Crippen LogP) is 0.763. The molecule has 2 N–H and O–H groups in total. The van der Waals surface area contributed by atoms with Gasteiger partial charge >= 0.3 is 5.97 Å². The number of anilines is 1. The second kappa shape index (κ2) is 5.38. The average Bonchev–Trinajstić information content (AvgIpc) is 2.82. The maximum atomic E-state index is 11.6. The van der Waals surface area contributed by atoms with Gasteiger partial charge in [-0.1, -0.05) is 5.21 Å². The van der Waals surface area contributed by atoms with Crippen molar-refractivity contribution in [1.29, 1.82) is 0 Å². The quantitative estimate of drug-likeness (QED) is 0.646. The molecule has 19 heavy (non-hydrogen) atoms. The molecular formula is C12H14N4O3. The molecule has 7 nitrogen and oxygen atoms in total. The number of hydrogen-bond acceptors (Lipinski definition) is 6. The Morgan fingerprint density at radius 2 is 2.26 bits per heavy atom. The first-order valence-corrected chi connectivity index (χ1v) is 5.56. The Kier molecular flexibility index (Phi) is 3.65. The Balaban J connectivity index is 2.17. The van der Waals surface area contributed by atoms with Crippen molar-refractivity contribution in [3.8, 4) is 5.75 Å². The van der Waals surface area contributed by atoms with E-state index in [0.717, 1.165) is 0 Å². The molecule has 100 valence electrons. The molecule has 0 saturated carbocycles. The molecule has 0 atom stereocenters. The summed E-state index contributed by atoms with van der Waals surface area (Å²) in [6, 6.07) is 4.79. The van der Waals surface area contributed by atoms with E-state index >= 15 is 0 Å². The third-order valence-electron chi connectivity index (χ3n) is 2.43. The number of nitrogen functional groups attached to an aromatic ring is 1. The van der Waals surface area contributed by atoms with Gasteiger partial charge in [0.2, 0.25) is 0 Å². The summed E-state index contributed by atoms with van der Waals surface area (Å²) in [7, 11) is 3.07. The minimum Gasteiger partial charge on any atom is -0.486 e. The number of carbonyl (C=O) groups is 1. The number of esters is 1. The van der Waals surface area contributed by atoms with Crippen molar-refractivity contribution in [1.82, 2.24) is 15.0 Å². The molecule has 0 amide bonds. The number of ether oxygens (including phenoxy) is 2. The molecule has 0 fully saturated rings. The van der Waals surface area contributed by atoms with E-state index in [1.54, 1.807) is 30.1 Å². The van der Waals surface area contributed by atoms with Crippen molar-refractivity contribution in [2.45, 2.75) is 6.61 Å². The van der Waals surface area contributed by atoms with E-state index in [1.807, 2.05) is 0 Å². The van der Waals surface area contributed by atoms with E-state index in [9.17, 15) is 4.79 Å². The molecule has 0 radical (unpaired) electrons. The number of carbonyl (C=O) groups excluding carboxylic acids is 1. The van der Waals surface area contributed by atoms with Gasteiger partial charge in [0.05, 0.1) is 13.3 Å². The molecule has 0 aliphatic heterocycles. The van der Waals surface area contributed by atoms with Crippen LogP contribution in [0.4, 0.5) is 5.69 Å². The third kappa shape index (κ3) is 3.01. The maximum Gasteiger partial charge on any atom is 0.341 e. The molecular weight excluding hydrogens is 248 g/mol. The van der Waals surface area contributed by atoms with E-state index in [4.69, 9.17) is 10.5 Å². The molecule has 0 saturated heterocycles. The van der Waals surface area contributed by atoms with Crippen LogP contribution in [0.2, 0.25) is 0 Å². The molecule has 2 aromatic rings. The molecule has 0 spiro atoms. The van der Waals surface area contributed by atoms with E-state index in [-0.39, 0.29) is 12.2 Å². The molecule has 0 bridgehead atoms. The van der Waals surface area contributed by atoms with E-state index in [2.05, 4.69) is 15.0 Å². The number of aryl methyl sites for hydroxylation is 1. The fourth-order valence-electron chi connectivity index (χ4n) is 1.56. The summed E-state index contributed by atoms with van der Waals surface area (Å²) < 4.78 is 11.8. The van der Waals surface area contributed by atoms with Crippen LogP contribution in [0.5, 0.6) is 5.75 Å². The summed E-state index contributed by atoms with van der Waals surface area (Å²) in [4.78, 5) is 11.6. The van der Waals surface area contributed by atoms with Crippen LogP contribution in [0.1, 0.15) is 16.1 Å². The number of rotatable bonds is 4. The third-order valence-corrected chi connectivity index (χ3v) is 2.43. The van der Waals surface area contributed by atoms with Crippen molar-refractivity contribution in [3.63, 3.8) is 0 Å². The van der Waals surface area contributed by atoms with Crippen LogP contribution in [-0.4, -0.2) is 28.1 Å². The predicted molar refractivity (Wildman–Crippen MR) is 67.5 cm³/mol. The number of nitrogens with zero attached hydrogens (tertiary/aromatic N) is 3. The summed E-state index contributed by atoms with van der Waals surface area (Å²) >= 11 is 0. The van der Waals surface area contributed by atoms with Crippen molar-refractivity contribution in [2.24, 2.45) is 7.05 Å². The van der Waals surface area contributed by atoms with Gasteiger partial charge < -0.3 is 15.2 Å². The molecule has 2 rings (SSSR count). The van der Waals surface area contributed by atoms with Gasteiger partial charge in [0.15, 0.2) is 0 Å². The largest absolute Gasteiger partial charge is 0.486 e. The Bertz CT molecular complexity index is 594. The summed E-state index contributed by atoms with van der Waals surface area (Å²) in [5.74, 6) is -0.104. The summed E-state index contributed by atoms with van der Waals surface area (Å²) in [5, 5.41) is 7.68. The Morgan fingerprint density at radius 3 is 2.89 bits per heavy atom. The Hall–Kier alpha value is -2.57. The zero-order valence-corrected chi connectivity index (χ0v) is 10.7. The van der Waals surface area contributed by atoms with Gasteiger partial charge in [0, 0.05) is 12.7 Å². The molecule has 1 aromatic carbocycles. The molecule has 1 aromatic heterocycles. The number of benzene rings is 1. The van der Waals surface area contributed by atoms with Gasteiger partial charge in [0.1, 0.15) is 23.6 Å². The standard InChI is InChI=1S/C12H14N4O3/c1-16-6-9(14-15-16)7-19-11-4-3-8(13)5-10(11)12(17)18-2/h3-6H,7,13H2,1-2H3. The second-order valence-corrected chi connectivity index (χ2v) is 3.92. The lowest BCUT2D eigenvalue weighted by molar-refractivity contribution is 0.0595. The number of aromatic nitrogens is 3. The van der Waals surface area contributed by atoms with Crippen LogP contribution < -0.4 is 10.5 Å². The van der Waals surface area contributed by atoms with Crippen LogP contribution in [0.25, 0.3) is 0 Å². The Morgan fingerprint density at radius 1 is 1.47 bits per heavy atom. The van der Waals surface area contributed by atoms with E-state index in [1.165, 1.54) is 13.2 Å². The van der Waals surface area contributed by atoms with Crippen molar-refractivity contribution >= 4 is 11.7 Å². The number of hydrogen-bond donors (Lipinski definition) is 1. The fourth-order valence-corrected chi connectivity index (χ4v) is 1.56. The molecule has 0 aliphatic rings. The van der Waals surface area contributed by atoms with Crippen molar-refractivity contribution in [3.05, 3.63) is 35.7 Å². The van der Waals surface area contributed by atoms with Crippen molar-refractivity contribution in [2.75, 3.05) is 12.8 Å². The van der Waals surface area contributed by atoms with Crippen LogP contribution in [0.3, 0.4) is 0 Å². The Labute approximate surface area is 109 Å². The topological polar surface area (TPSA) is 92.3 Å². The highest BCUT2D eigenvalue weighted by molar-refractivity contribution is 5.93. The number of nitrogens with two attached hydrogens (primary N) is 1. The first-order valence-electron chi connectivity index (χ1n) is 5.56. The fraction of sp³-hybridized carbons (Fsp3) is 0.250. The average molecular weight is 262 g/mol. The van der Waals surface area contributed by atoms with Gasteiger partial charge in [-0.3, -0.25) is 4.68 Å². The molecule has 1 heterocycles. The lowest BCUT2D eigenvalue weighted by atomic mass is 10.2. The first kappa shape index (κ1) is 12.9. The highest BCUT2D eigenvalue weighted by Crippen LogP contribution is 2.23. The highest BCUT2D eigenvalue weighted by atomic mass is 16.5. The summed E-state index contributed by atoms with van der Waals surface area (Å²) in [5.41, 5.74) is 7.05. The molecule has 7 heteroatoms. The minimum absolute atomic E-state index is 0.210. The lowest BCUT2D eigenvalue weighted by Gasteiger charge is -2.09. The zero-order chi connectivity index (χ0) is 13.8. The van der Waals surface area contributed by atoms with Crippen molar-refractivity contribution < 1.29 is 14.3 Å². The van der Waals surface area contributed by atoms with Crippen LogP contribution in [0, 0.1) is 0 Å². The van der Waals surface area contributed by atoms with E-state index in [0.29, 0.717) is 17.1 Å². The zero-order valence-electron chi connectivity index (χ0n) is 10.7. The van der Waals surface area contributed by atoms with Gasteiger partial charge in [-0.25, -0.2) is 4.79 Å². The number of methoxy groups -OCH3 is 1. The second-order valence-electron chi connectivity index (χ2n) is 3.92. The first-order chi connectivity index (χ1) is 9.10. The van der Waals surface area contributed by atoms with Crippen LogP contribution >= 0.6 is 0 Å².